The van der Waals surface area contributed by atoms with E-state index in [9.17, 15) is 23.3 Å². The Balaban J connectivity index is 1.93. The average Bonchev–Trinajstić information content (AvgIpc) is 2.92. The highest BCUT2D eigenvalue weighted by Gasteiger charge is 2.31. The van der Waals surface area contributed by atoms with Crippen LogP contribution in [0.1, 0.15) is 5.56 Å². The van der Waals surface area contributed by atoms with Crippen molar-refractivity contribution in [2.75, 3.05) is 6.54 Å². The minimum Gasteiger partial charge on any atom is -0.406 e. The van der Waals surface area contributed by atoms with E-state index in [4.69, 9.17) is 22.1 Å². The lowest BCUT2D eigenvalue weighted by molar-refractivity contribution is -0.389. The maximum atomic E-state index is 12.1. The normalized spacial score (nSPS) is 12.8. The smallest absolute Gasteiger partial charge is 0.406 e. The van der Waals surface area contributed by atoms with Crippen LogP contribution in [0.3, 0.4) is 0 Å². The van der Waals surface area contributed by atoms with E-state index in [2.05, 4.69) is 9.72 Å². The lowest BCUT2D eigenvalue weighted by atomic mass is 10.2. The molecule has 0 bridgehead atoms. The molecule has 1 atom stereocenters. The van der Waals surface area contributed by atoms with Gasteiger partial charge in [-0.25, -0.2) is 0 Å². The number of aromatic nitrogens is 2. The summed E-state index contributed by atoms with van der Waals surface area (Å²) in [7, 11) is 0. The monoisotopic (exact) mass is 394 g/mol. The molecule has 0 saturated carbocycles. The number of hydrogen-bond acceptors (Lipinski definition) is 6. The van der Waals surface area contributed by atoms with Crippen molar-refractivity contribution in [3.63, 3.8) is 0 Å². The standard InChI is InChI=1S/C14H14ClF3N4O4/c15-13-20-12(22(23)24)7-21(13)6-11(5-19)25-8-9-1-3-10(4-2-9)26-14(16,17)18/h1-4,7,11H,5-6,8,19H2/t11-/m1/s1. The highest BCUT2D eigenvalue weighted by Crippen LogP contribution is 2.23. The second-order valence-corrected chi connectivity index (χ2v) is 5.48. The van der Waals surface area contributed by atoms with Gasteiger partial charge in [-0.05, 0) is 39.2 Å². The van der Waals surface area contributed by atoms with Crippen LogP contribution in [0.5, 0.6) is 5.75 Å². The number of imidazole rings is 1. The fourth-order valence-electron chi connectivity index (χ4n) is 2.01. The van der Waals surface area contributed by atoms with Crippen LogP contribution in [-0.4, -0.2) is 33.5 Å². The molecule has 0 spiro atoms. The van der Waals surface area contributed by atoms with Crippen molar-refractivity contribution in [1.29, 1.82) is 0 Å². The third kappa shape index (κ3) is 5.86. The molecule has 142 valence electrons. The van der Waals surface area contributed by atoms with Crippen molar-refractivity contribution in [2.45, 2.75) is 25.6 Å². The van der Waals surface area contributed by atoms with Crippen LogP contribution in [0.4, 0.5) is 19.0 Å². The van der Waals surface area contributed by atoms with Crippen molar-refractivity contribution in [3.8, 4) is 5.75 Å². The van der Waals surface area contributed by atoms with Gasteiger partial charge >= 0.3 is 17.5 Å². The zero-order valence-electron chi connectivity index (χ0n) is 13.1. The maximum absolute atomic E-state index is 12.1. The lowest BCUT2D eigenvalue weighted by Gasteiger charge is -2.16. The Kier molecular flexibility index (Phi) is 6.40. The topological polar surface area (TPSA) is 105 Å². The second kappa shape index (κ2) is 8.34. The molecule has 8 nitrogen and oxygen atoms in total. The number of nitro groups is 1. The number of benzene rings is 1. The molecule has 0 amide bonds. The number of rotatable bonds is 8. The first kappa shape index (κ1) is 19.9. The number of hydrogen-bond donors (Lipinski definition) is 1. The van der Waals surface area contributed by atoms with Gasteiger partial charge in [-0.15, -0.1) is 13.2 Å². The number of halogens is 4. The molecule has 1 aromatic heterocycles. The fourth-order valence-corrected chi connectivity index (χ4v) is 2.22. The van der Waals surface area contributed by atoms with Gasteiger partial charge in [0.2, 0.25) is 0 Å². The van der Waals surface area contributed by atoms with Crippen LogP contribution >= 0.6 is 11.6 Å². The van der Waals surface area contributed by atoms with Gasteiger partial charge in [-0.3, -0.25) is 4.57 Å². The van der Waals surface area contributed by atoms with E-state index >= 15 is 0 Å². The number of nitrogens with two attached hydrogens (primary N) is 1. The van der Waals surface area contributed by atoms with Gasteiger partial charge in [0, 0.05) is 6.54 Å². The van der Waals surface area contributed by atoms with Gasteiger partial charge < -0.3 is 25.3 Å². The molecule has 1 heterocycles. The molecule has 2 aromatic rings. The Hall–Kier alpha value is -2.37. The number of alkyl halides is 3. The summed E-state index contributed by atoms with van der Waals surface area (Å²) >= 11 is 5.82. The fraction of sp³-hybridized carbons (Fsp3) is 0.357. The minimum absolute atomic E-state index is 0.0720. The van der Waals surface area contributed by atoms with E-state index in [1.807, 2.05) is 0 Å². The SMILES string of the molecule is NC[C@H](Cn1cc([N+](=O)[O-])nc1Cl)OCc1ccc(OC(F)(F)F)cc1. The van der Waals surface area contributed by atoms with Gasteiger partial charge in [-0.2, -0.15) is 0 Å². The van der Waals surface area contributed by atoms with E-state index in [-0.39, 0.29) is 30.7 Å². The molecule has 0 unspecified atom stereocenters. The van der Waals surface area contributed by atoms with E-state index < -0.39 is 23.2 Å². The summed E-state index contributed by atoms with van der Waals surface area (Å²) < 4.78 is 47.0. The summed E-state index contributed by atoms with van der Waals surface area (Å²) in [6, 6.07) is 5.17. The van der Waals surface area contributed by atoms with Crippen molar-refractivity contribution in [1.82, 2.24) is 9.55 Å². The van der Waals surface area contributed by atoms with Gasteiger partial charge in [0.25, 0.3) is 0 Å². The van der Waals surface area contributed by atoms with Gasteiger partial charge in [0.1, 0.15) is 11.9 Å². The van der Waals surface area contributed by atoms with Crippen LogP contribution in [-0.2, 0) is 17.9 Å². The third-order valence-electron chi connectivity index (χ3n) is 3.21. The molecule has 2 rings (SSSR count). The highest BCUT2D eigenvalue weighted by molar-refractivity contribution is 6.28. The quantitative estimate of drug-likeness (QED) is 0.545. The summed E-state index contributed by atoms with van der Waals surface area (Å²) in [6.07, 6.45) is -4.13. The summed E-state index contributed by atoms with van der Waals surface area (Å²) in [5, 5.41) is 10.6. The van der Waals surface area contributed by atoms with Gasteiger partial charge in [-0.1, -0.05) is 12.1 Å². The molecule has 0 aliphatic heterocycles. The molecule has 0 aliphatic carbocycles. The number of ether oxygens (including phenoxy) is 2. The molecular weight excluding hydrogens is 381 g/mol. The second-order valence-electron chi connectivity index (χ2n) is 5.14. The van der Waals surface area contributed by atoms with E-state index in [1.54, 1.807) is 0 Å². The predicted octanol–water partition coefficient (Wildman–Crippen LogP) is 2.89. The molecular formula is C14H14ClF3N4O4. The van der Waals surface area contributed by atoms with Crippen LogP contribution in [0.15, 0.2) is 30.5 Å². The molecule has 0 aliphatic rings. The zero-order chi connectivity index (χ0) is 19.3. The first-order chi connectivity index (χ1) is 12.2. The van der Waals surface area contributed by atoms with Crippen LogP contribution in [0.25, 0.3) is 0 Å². The van der Waals surface area contributed by atoms with Crippen LogP contribution in [0, 0.1) is 10.1 Å². The Morgan fingerprint density at radius 2 is 2.00 bits per heavy atom. The predicted molar refractivity (Wildman–Crippen MR) is 84.6 cm³/mol. The molecule has 1 aromatic carbocycles. The van der Waals surface area contributed by atoms with Crippen LogP contribution in [0.2, 0.25) is 5.28 Å². The first-order valence-electron chi connectivity index (χ1n) is 7.21. The van der Waals surface area contributed by atoms with Crippen LogP contribution < -0.4 is 10.5 Å². The molecule has 2 N–H and O–H groups in total. The average molecular weight is 395 g/mol. The summed E-state index contributed by atoms with van der Waals surface area (Å²) in [4.78, 5) is 13.6. The minimum atomic E-state index is -4.75. The first-order valence-corrected chi connectivity index (χ1v) is 7.59. The summed E-state index contributed by atoms with van der Waals surface area (Å²) in [5.41, 5.74) is 6.21. The van der Waals surface area contributed by atoms with E-state index in [1.165, 1.54) is 28.8 Å². The van der Waals surface area contributed by atoms with Crippen molar-refractivity contribution >= 4 is 17.4 Å². The Morgan fingerprint density at radius 3 is 2.50 bits per heavy atom. The molecule has 12 heteroatoms. The summed E-state index contributed by atoms with van der Waals surface area (Å²) in [5.74, 6) is -0.736. The molecule has 0 saturated heterocycles. The van der Waals surface area contributed by atoms with Crippen molar-refractivity contribution in [2.24, 2.45) is 5.73 Å². The Bertz CT molecular complexity index is 752. The van der Waals surface area contributed by atoms with Crippen molar-refractivity contribution < 1.29 is 27.6 Å². The van der Waals surface area contributed by atoms with Gasteiger partial charge in [0.05, 0.1) is 19.3 Å². The van der Waals surface area contributed by atoms with Gasteiger partial charge in [0.15, 0.2) is 0 Å². The maximum Gasteiger partial charge on any atom is 0.573 e. The van der Waals surface area contributed by atoms with Crippen molar-refractivity contribution in [3.05, 3.63) is 51.4 Å². The molecule has 0 fully saturated rings. The Labute approximate surface area is 150 Å². The Morgan fingerprint density at radius 1 is 1.35 bits per heavy atom. The summed E-state index contributed by atoms with van der Waals surface area (Å²) in [6.45, 7) is 0.297. The largest absolute Gasteiger partial charge is 0.573 e. The molecule has 26 heavy (non-hydrogen) atoms. The molecule has 0 radical (unpaired) electrons. The number of nitrogens with zero attached hydrogens (tertiary/aromatic N) is 3. The third-order valence-corrected chi connectivity index (χ3v) is 3.51. The van der Waals surface area contributed by atoms with E-state index in [0.29, 0.717) is 5.56 Å². The highest BCUT2D eigenvalue weighted by atomic mass is 35.5. The lowest BCUT2D eigenvalue weighted by Crippen LogP contribution is -2.28. The zero-order valence-corrected chi connectivity index (χ0v) is 13.9. The van der Waals surface area contributed by atoms with E-state index in [0.717, 1.165) is 6.20 Å².